The van der Waals surface area contributed by atoms with Crippen molar-refractivity contribution in [3.8, 4) is 0 Å². The minimum Gasteiger partial charge on any atom is -0.394 e. The Morgan fingerprint density at radius 1 is 1.14 bits per heavy atom. The SMILES string of the molecule is OCC(O)CO.[Ti+2]. The Balaban J connectivity index is 0. The average molecular weight is 140 g/mol. The Kier molecular flexibility index (Phi) is 9.94. The molecule has 0 saturated heterocycles. The molecule has 0 aromatic heterocycles. The van der Waals surface area contributed by atoms with Crippen LogP contribution in [-0.4, -0.2) is 34.6 Å². The number of rotatable bonds is 2. The van der Waals surface area contributed by atoms with Crippen molar-refractivity contribution in [3.63, 3.8) is 0 Å². The molecule has 40 valence electrons. The van der Waals surface area contributed by atoms with Gasteiger partial charge in [-0.05, 0) is 0 Å². The summed E-state index contributed by atoms with van der Waals surface area (Å²) in [6.45, 7) is -0.729. The molecule has 0 aliphatic rings. The summed E-state index contributed by atoms with van der Waals surface area (Å²) >= 11 is 0. The van der Waals surface area contributed by atoms with Crippen molar-refractivity contribution in [2.75, 3.05) is 13.2 Å². The Bertz CT molecular complexity index is 29.4. The number of hydrogen-bond acceptors (Lipinski definition) is 3. The topological polar surface area (TPSA) is 60.7 Å². The summed E-state index contributed by atoms with van der Waals surface area (Å²) in [4.78, 5) is 0. The van der Waals surface area contributed by atoms with Crippen LogP contribution in [0.1, 0.15) is 0 Å². The van der Waals surface area contributed by atoms with Crippen molar-refractivity contribution < 1.29 is 37.0 Å². The fourth-order valence-corrected chi connectivity index (χ4v) is 0.0577. The molecule has 0 aliphatic carbocycles. The monoisotopic (exact) mass is 140 g/mol. The third-order valence-electron chi connectivity index (χ3n) is 0.421. The van der Waals surface area contributed by atoms with Gasteiger partial charge in [0.05, 0.1) is 13.2 Å². The summed E-state index contributed by atoms with van der Waals surface area (Å²) in [5.41, 5.74) is 0. The zero-order valence-corrected chi connectivity index (χ0v) is 5.39. The molecular weight excluding hydrogens is 132 g/mol. The van der Waals surface area contributed by atoms with Gasteiger partial charge in [-0.3, -0.25) is 0 Å². The molecule has 0 atom stereocenters. The van der Waals surface area contributed by atoms with Crippen molar-refractivity contribution in [1.82, 2.24) is 0 Å². The second-order valence-corrected chi connectivity index (χ2v) is 1.02. The number of aliphatic hydroxyl groups excluding tert-OH is 3. The van der Waals surface area contributed by atoms with E-state index in [1.54, 1.807) is 0 Å². The summed E-state index contributed by atoms with van der Waals surface area (Å²) in [5.74, 6) is 0. The van der Waals surface area contributed by atoms with Crippen LogP contribution in [0.25, 0.3) is 0 Å². The van der Waals surface area contributed by atoms with Crippen LogP contribution in [-0.2, 0) is 21.7 Å². The molecule has 7 heavy (non-hydrogen) atoms. The first-order chi connectivity index (χ1) is 2.81. The van der Waals surface area contributed by atoms with Crippen molar-refractivity contribution in [2.45, 2.75) is 6.10 Å². The maximum Gasteiger partial charge on any atom is 2.00 e. The van der Waals surface area contributed by atoms with Gasteiger partial charge >= 0.3 is 21.7 Å². The van der Waals surface area contributed by atoms with Gasteiger partial charge in [-0.25, -0.2) is 0 Å². The van der Waals surface area contributed by atoms with Crippen LogP contribution in [0.4, 0.5) is 0 Å². The maximum atomic E-state index is 8.17. The fraction of sp³-hybridized carbons (Fsp3) is 1.00. The molecule has 0 aliphatic heterocycles. The summed E-state index contributed by atoms with van der Waals surface area (Å²) in [5, 5.41) is 24.0. The molecule has 0 heterocycles. The molecule has 0 unspecified atom stereocenters. The molecule has 0 rings (SSSR count). The van der Waals surface area contributed by atoms with Crippen LogP contribution in [0.3, 0.4) is 0 Å². The molecule has 3 nitrogen and oxygen atoms in total. The Hall–Kier alpha value is 0.594. The third kappa shape index (κ3) is 6.59. The van der Waals surface area contributed by atoms with Gasteiger partial charge in [0, 0.05) is 0 Å². The molecule has 4 heteroatoms. The Labute approximate surface area is 56.9 Å². The first-order valence-corrected chi connectivity index (χ1v) is 1.71. The second-order valence-electron chi connectivity index (χ2n) is 1.02. The predicted octanol–water partition coefficient (Wildman–Crippen LogP) is -1.67. The normalized spacial score (nSPS) is 8.57. The van der Waals surface area contributed by atoms with Gasteiger partial charge in [0.15, 0.2) is 0 Å². The van der Waals surface area contributed by atoms with Gasteiger partial charge in [0.2, 0.25) is 0 Å². The van der Waals surface area contributed by atoms with Crippen LogP contribution >= 0.6 is 0 Å². The molecular formula is C3H8O3Ti+2. The van der Waals surface area contributed by atoms with E-state index in [1.165, 1.54) is 0 Å². The van der Waals surface area contributed by atoms with E-state index in [0.29, 0.717) is 0 Å². The van der Waals surface area contributed by atoms with E-state index in [4.69, 9.17) is 15.3 Å². The summed E-state index contributed by atoms with van der Waals surface area (Å²) in [7, 11) is 0. The third-order valence-corrected chi connectivity index (χ3v) is 0.421. The van der Waals surface area contributed by atoms with Gasteiger partial charge in [-0.15, -0.1) is 0 Å². The fourth-order valence-electron chi connectivity index (χ4n) is 0.0577. The molecule has 3 N–H and O–H groups in total. The van der Waals surface area contributed by atoms with Gasteiger partial charge in [-0.2, -0.15) is 0 Å². The molecule has 0 amide bonds. The van der Waals surface area contributed by atoms with Crippen LogP contribution in [0.15, 0.2) is 0 Å². The minimum atomic E-state index is -0.954. The van der Waals surface area contributed by atoms with E-state index >= 15 is 0 Å². The zero-order valence-electron chi connectivity index (χ0n) is 3.83. The van der Waals surface area contributed by atoms with Gasteiger partial charge in [0.25, 0.3) is 0 Å². The van der Waals surface area contributed by atoms with E-state index in [-0.39, 0.29) is 34.9 Å². The quantitative estimate of drug-likeness (QED) is 0.402. The van der Waals surface area contributed by atoms with E-state index in [2.05, 4.69) is 0 Å². The van der Waals surface area contributed by atoms with Crippen LogP contribution in [0.5, 0.6) is 0 Å². The van der Waals surface area contributed by atoms with Gasteiger partial charge in [-0.1, -0.05) is 0 Å². The van der Waals surface area contributed by atoms with Crippen molar-refractivity contribution in [1.29, 1.82) is 0 Å². The van der Waals surface area contributed by atoms with Crippen LogP contribution in [0.2, 0.25) is 0 Å². The molecule has 0 bridgehead atoms. The van der Waals surface area contributed by atoms with E-state index in [9.17, 15) is 0 Å². The Morgan fingerprint density at radius 2 is 1.43 bits per heavy atom. The van der Waals surface area contributed by atoms with Crippen molar-refractivity contribution >= 4 is 0 Å². The van der Waals surface area contributed by atoms with E-state index in [0.717, 1.165) is 0 Å². The summed E-state index contributed by atoms with van der Waals surface area (Å²) < 4.78 is 0. The van der Waals surface area contributed by atoms with Crippen LogP contribution in [0, 0.1) is 0 Å². The standard InChI is InChI=1S/C3H8O3.Ti/c4-1-3(6)2-5;/h3-6H,1-2H2;/q;+2. The second kappa shape index (κ2) is 6.59. The van der Waals surface area contributed by atoms with Crippen molar-refractivity contribution in [2.24, 2.45) is 0 Å². The zero-order chi connectivity index (χ0) is 4.99. The maximum absolute atomic E-state index is 8.17. The van der Waals surface area contributed by atoms with Gasteiger partial charge < -0.3 is 15.3 Å². The van der Waals surface area contributed by atoms with E-state index < -0.39 is 6.10 Å². The predicted molar refractivity (Wildman–Crippen MR) is 20.2 cm³/mol. The largest absolute Gasteiger partial charge is 2.00 e. The van der Waals surface area contributed by atoms with E-state index in [1.807, 2.05) is 0 Å². The smallest absolute Gasteiger partial charge is 0.394 e. The molecule has 0 fully saturated rings. The number of aliphatic hydroxyl groups is 3. The van der Waals surface area contributed by atoms with Gasteiger partial charge in [0.1, 0.15) is 6.10 Å². The first-order valence-electron chi connectivity index (χ1n) is 1.71. The summed E-state index contributed by atoms with van der Waals surface area (Å²) in [6.07, 6.45) is -0.954. The molecule has 0 saturated carbocycles. The average Bonchev–Trinajstić information content (AvgIpc) is 1.65. The molecule has 0 aromatic rings. The molecule has 0 spiro atoms. The van der Waals surface area contributed by atoms with Crippen molar-refractivity contribution in [3.05, 3.63) is 0 Å². The van der Waals surface area contributed by atoms with Crippen LogP contribution < -0.4 is 0 Å². The first kappa shape index (κ1) is 10.6. The molecule has 0 aromatic carbocycles. The number of hydrogen-bond donors (Lipinski definition) is 3. The summed E-state index contributed by atoms with van der Waals surface area (Å²) in [6, 6.07) is 0. The minimum absolute atomic E-state index is 0. The Morgan fingerprint density at radius 3 is 1.43 bits per heavy atom. The molecule has 0 radical (unpaired) electrons.